The van der Waals surface area contributed by atoms with E-state index in [1.807, 2.05) is 4.90 Å². The molecule has 0 aliphatic carbocycles. The minimum absolute atomic E-state index is 0.0288. The highest BCUT2D eigenvalue weighted by Gasteiger charge is 2.25. The number of hydrogen-bond donors (Lipinski definition) is 2. The Morgan fingerprint density at radius 1 is 1.19 bits per heavy atom. The van der Waals surface area contributed by atoms with Gasteiger partial charge in [-0.3, -0.25) is 9.59 Å². The van der Waals surface area contributed by atoms with E-state index in [-0.39, 0.29) is 18.4 Å². The van der Waals surface area contributed by atoms with Crippen LogP contribution in [0.5, 0.6) is 0 Å². The van der Waals surface area contributed by atoms with Crippen LogP contribution in [0.15, 0.2) is 0 Å². The van der Waals surface area contributed by atoms with E-state index < -0.39 is 18.1 Å². The topological polar surface area (TPSA) is 87.7 Å². The maximum absolute atomic E-state index is 12.2. The molecule has 120 valence electrons. The summed E-state index contributed by atoms with van der Waals surface area (Å²) in [4.78, 5) is 36.7. The first-order valence-electron chi connectivity index (χ1n) is 7.32. The summed E-state index contributed by atoms with van der Waals surface area (Å²) in [6, 6.07) is -1.19. The van der Waals surface area contributed by atoms with E-state index in [9.17, 15) is 14.4 Å². The van der Waals surface area contributed by atoms with Crippen molar-refractivity contribution < 1.29 is 19.1 Å². The fourth-order valence-electron chi connectivity index (χ4n) is 2.35. The third kappa shape index (κ3) is 5.71. The standard InChI is InChI=1S/C14H25N3O4/c1-10(13(19)17-7-5-4-6-8-17)15-9-12(14(20)21-3)16-11(2)18/h10,12,15H,4-9H2,1-3H3,(H,16,18). The average molecular weight is 299 g/mol. The summed E-state index contributed by atoms with van der Waals surface area (Å²) in [5.74, 6) is -0.821. The molecule has 1 saturated heterocycles. The summed E-state index contributed by atoms with van der Waals surface area (Å²) in [5.41, 5.74) is 0. The Kier molecular flexibility index (Phi) is 7.14. The van der Waals surface area contributed by atoms with Crippen molar-refractivity contribution in [3.05, 3.63) is 0 Å². The van der Waals surface area contributed by atoms with E-state index in [0.29, 0.717) is 0 Å². The van der Waals surface area contributed by atoms with Crippen molar-refractivity contribution in [3.63, 3.8) is 0 Å². The van der Waals surface area contributed by atoms with Crippen molar-refractivity contribution in [1.29, 1.82) is 0 Å². The second-order valence-electron chi connectivity index (χ2n) is 5.29. The molecule has 2 atom stereocenters. The molecule has 0 spiro atoms. The van der Waals surface area contributed by atoms with Crippen LogP contribution in [-0.2, 0) is 19.1 Å². The maximum Gasteiger partial charge on any atom is 0.329 e. The maximum atomic E-state index is 12.2. The van der Waals surface area contributed by atoms with Gasteiger partial charge in [0.05, 0.1) is 13.2 Å². The van der Waals surface area contributed by atoms with Crippen LogP contribution in [0.3, 0.4) is 0 Å². The number of methoxy groups -OCH3 is 1. The lowest BCUT2D eigenvalue weighted by Crippen LogP contribution is -2.52. The number of piperidine rings is 1. The Bertz CT molecular complexity index is 380. The van der Waals surface area contributed by atoms with E-state index in [1.54, 1.807) is 6.92 Å². The molecule has 0 aromatic carbocycles. The molecular formula is C14H25N3O4. The van der Waals surface area contributed by atoms with Crippen LogP contribution in [0.2, 0.25) is 0 Å². The molecular weight excluding hydrogens is 274 g/mol. The lowest BCUT2D eigenvalue weighted by molar-refractivity contribution is -0.145. The van der Waals surface area contributed by atoms with Crippen molar-refractivity contribution in [2.75, 3.05) is 26.7 Å². The van der Waals surface area contributed by atoms with Gasteiger partial charge in [-0.25, -0.2) is 4.79 Å². The Morgan fingerprint density at radius 3 is 2.33 bits per heavy atom. The lowest BCUT2D eigenvalue weighted by Gasteiger charge is -2.30. The van der Waals surface area contributed by atoms with Gasteiger partial charge in [0, 0.05) is 26.6 Å². The number of amides is 2. The quantitative estimate of drug-likeness (QED) is 0.655. The Hall–Kier alpha value is -1.63. The number of likely N-dealkylation sites (tertiary alicyclic amines) is 1. The number of carbonyl (C=O) groups is 3. The van der Waals surface area contributed by atoms with Crippen LogP contribution >= 0.6 is 0 Å². The Labute approximate surface area is 125 Å². The first-order chi connectivity index (χ1) is 9.95. The number of nitrogens with zero attached hydrogens (tertiary/aromatic N) is 1. The molecule has 0 saturated carbocycles. The van der Waals surface area contributed by atoms with E-state index >= 15 is 0 Å². The fourth-order valence-corrected chi connectivity index (χ4v) is 2.35. The second kappa shape index (κ2) is 8.61. The second-order valence-corrected chi connectivity index (χ2v) is 5.29. The highest BCUT2D eigenvalue weighted by atomic mass is 16.5. The molecule has 0 aromatic heterocycles. The number of carbonyl (C=O) groups excluding carboxylic acids is 3. The molecule has 1 aliphatic heterocycles. The highest BCUT2D eigenvalue weighted by Crippen LogP contribution is 2.09. The number of hydrogen-bond acceptors (Lipinski definition) is 5. The molecule has 0 bridgehead atoms. The summed E-state index contributed by atoms with van der Waals surface area (Å²) >= 11 is 0. The SMILES string of the molecule is COC(=O)C(CNC(C)C(=O)N1CCCCC1)NC(C)=O. The lowest BCUT2D eigenvalue weighted by atomic mass is 10.1. The fraction of sp³-hybridized carbons (Fsp3) is 0.786. The van der Waals surface area contributed by atoms with Gasteiger partial charge in [-0.2, -0.15) is 0 Å². The molecule has 0 radical (unpaired) electrons. The zero-order valence-electron chi connectivity index (χ0n) is 13.0. The van der Waals surface area contributed by atoms with E-state index in [1.165, 1.54) is 20.5 Å². The van der Waals surface area contributed by atoms with Gasteiger partial charge in [0.1, 0.15) is 6.04 Å². The van der Waals surface area contributed by atoms with Crippen molar-refractivity contribution >= 4 is 17.8 Å². The first-order valence-corrected chi connectivity index (χ1v) is 7.32. The zero-order chi connectivity index (χ0) is 15.8. The predicted octanol–water partition coefficient (Wildman–Crippen LogP) is -0.345. The van der Waals surface area contributed by atoms with Gasteiger partial charge >= 0.3 is 5.97 Å². The summed E-state index contributed by atoms with van der Waals surface area (Å²) < 4.78 is 4.63. The summed E-state index contributed by atoms with van der Waals surface area (Å²) in [6.07, 6.45) is 3.24. The minimum Gasteiger partial charge on any atom is -0.467 e. The summed E-state index contributed by atoms with van der Waals surface area (Å²) in [6.45, 7) is 4.83. The normalized spacial score (nSPS) is 17.8. The van der Waals surface area contributed by atoms with E-state index in [4.69, 9.17) is 0 Å². The van der Waals surface area contributed by atoms with Crippen molar-refractivity contribution in [2.45, 2.75) is 45.2 Å². The molecule has 1 rings (SSSR count). The van der Waals surface area contributed by atoms with Crippen LogP contribution in [0.4, 0.5) is 0 Å². The van der Waals surface area contributed by atoms with Gasteiger partial charge in [-0.05, 0) is 26.2 Å². The van der Waals surface area contributed by atoms with Crippen LogP contribution in [0, 0.1) is 0 Å². The largest absolute Gasteiger partial charge is 0.467 e. The van der Waals surface area contributed by atoms with Crippen LogP contribution in [-0.4, -0.2) is 61.5 Å². The van der Waals surface area contributed by atoms with Crippen molar-refractivity contribution in [1.82, 2.24) is 15.5 Å². The minimum atomic E-state index is -0.788. The molecule has 2 unspecified atom stereocenters. The molecule has 1 aliphatic rings. The molecule has 1 heterocycles. The Balaban J connectivity index is 2.47. The summed E-state index contributed by atoms with van der Waals surface area (Å²) in [7, 11) is 1.26. The molecule has 2 N–H and O–H groups in total. The van der Waals surface area contributed by atoms with Gasteiger partial charge < -0.3 is 20.3 Å². The molecule has 7 nitrogen and oxygen atoms in total. The average Bonchev–Trinajstić information content (AvgIpc) is 2.50. The first kappa shape index (κ1) is 17.4. The Morgan fingerprint density at radius 2 is 1.81 bits per heavy atom. The smallest absolute Gasteiger partial charge is 0.329 e. The third-order valence-electron chi connectivity index (χ3n) is 3.53. The summed E-state index contributed by atoms with van der Waals surface area (Å²) in [5, 5.41) is 5.50. The number of rotatable bonds is 6. The number of ether oxygens (including phenoxy) is 1. The highest BCUT2D eigenvalue weighted by molar-refractivity contribution is 5.84. The van der Waals surface area contributed by atoms with Crippen molar-refractivity contribution in [3.8, 4) is 0 Å². The molecule has 0 aromatic rings. The van der Waals surface area contributed by atoms with E-state index in [2.05, 4.69) is 15.4 Å². The monoisotopic (exact) mass is 299 g/mol. The van der Waals surface area contributed by atoms with Crippen molar-refractivity contribution in [2.24, 2.45) is 0 Å². The van der Waals surface area contributed by atoms with Crippen LogP contribution in [0.25, 0.3) is 0 Å². The van der Waals surface area contributed by atoms with Gasteiger partial charge in [0.15, 0.2) is 0 Å². The van der Waals surface area contributed by atoms with E-state index in [0.717, 1.165) is 25.9 Å². The van der Waals surface area contributed by atoms with Gasteiger partial charge in [-0.15, -0.1) is 0 Å². The van der Waals surface area contributed by atoms with Crippen LogP contribution < -0.4 is 10.6 Å². The zero-order valence-corrected chi connectivity index (χ0v) is 13.0. The number of nitrogens with one attached hydrogen (secondary N) is 2. The molecule has 2 amide bonds. The predicted molar refractivity (Wildman–Crippen MR) is 77.5 cm³/mol. The third-order valence-corrected chi connectivity index (χ3v) is 3.53. The van der Waals surface area contributed by atoms with Gasteiger partial charge in [0.2, 0.25) is 11.8 Å². The number of esters is 1. The molecule has 21 heavy (non-hydrogen) atoms. The van der Waals surface area contributed by atoms with Gasteiger partial charge in [0.25, 0.3) is 0 Å². The van der Waals surface area contributed by atoms with Gasteiger partial charge in [-0.1, -0.05) is 0 Å². The molecule has 7 heteroatoms. The van der Waals surface area contributed by atoms with Crippen LogP contribution in [0.1, 0.15) is 33.1 Å². The molecule has 1 fully saturated rings.